The fourth-order valence-electron chi connectivity index (χ4n) is 3.96. The van der Waals surface area contributed by atoms with Gasteiger partial charge in [-0.3, -0.25) is 5.09 Å². The molecule has 1 atom stereocenters. The van der Waals surface area contributed by atoms with Crippen molar-refractivity contribution in [1.82, 2.24) is 5.09 Å². The Bertz CT molecular complexity index is 1100. The predicted octanol–water partition coefficient (Wildman–Crippen LogP) is 6.04. The molecule has 0 amide bonds. The smallest absolute Gasteiger partial charge is 0.107 e. The highest BCUT2D eigenvalue weighted by atomic mass is 32.4. The first-order valence-corrected chi connectivity index (χ1v) is 13.7. The van der Waals surface area contributed by atoms with Crippen LogP contribution in [0.4, 0.5) is 0 Å². The zero-order chi connectivity index (χ0) is 21.6. The minimum atomic E-state index is -2.32. The van der Waals surface area contributed by atoms with Crippen molar-refractivity contribution in [2.45, 2.75) is 38.1 Å². The Morgan fingerprint density at radius 3 is 1.87 bits per heavy atom. The molecule has 0 saturated carbocycles. The average molecular weight is 442 g/mol. The van der Waals surface area contributed by atoms with E-state index in [9.17, 15) is 0 Å². The van der Waals surface area contributed by atoms with Crippen molar-refractivity contribution in [3.8, 4) is 11.8 Å². The molecule has 0 unspecified atom stereocenters. The van der Waals surface area contributed by atoms with Crippen LogP contribution in [0.25, 0.3) is 0 Å². The molecule has 0 saturated heterocycles. The molecule has 0 aromatic heterocycles. The second kappa shape index (κ2) is 9.80. The maximum atomic E-state index is 6.47. The maximum absolute atomic E-state index is 6.47. The van der Waals surface area contributed by atoms with Crippen molar-refractivity contribution in [2.75, 3.05) is 0 Å². The molecule has 31 heavy (non-hydrogen) atoms. The van der Waals surface area contributed by atoms with E-state index in [1.165, 1.54) is 18.4 Å². The molecule has 0 radical (unpaired) electrons. The summed E-state index contributed by atoms with van der Waals surface area (Å²) in [6.45, 7) is 2.17. The van der Waals surface area contributed by atoms with Crippen molar-refractivity contribution < 1.29 is 0 Å². The Morgan fingerprint density at radius 2 is 1.35 bits per heavy atom. The van der Waals surface area contributed by atoms with Crippen molar-refractivity contribution >= 4 is 28.6 Å². The number of hydrogen-bond donors (Lipinski definition) is 1. The molecular formula is C28H28NPS. The molecular weight excluding hydrogens is 413 g/mol. The summed E-state index contributed by atoms with van der Waals surface area (Å²) in [5.41, 5.74) is 1.82. The van der Waals surface area contributed by atoms with E-state index in [1.54, 1.807) is 0 Å². The van der Waals surface area contributed by atoms with Crippen molar-refractivity contribution in [1.29, 1.82) is 0 Å². The summed E-state index contributed by atoms with van der Waals surface area (Å²) < 4.78 is 0. The molecule has 3 heteroatoms. The minimum Gasteiger partial charge on any atom is -0.262 e. The highest BCUT2D eigenvalue weighted by molar-refractivity contribution is 8.20. The monoisotopic (exact) mass is 441 g/mol. The van der Waals surface area contributed by atoms with E-state index >= 15 is 0 Å². The lowest BCUT2D eigenvalue weighted by atomic mass is 9.92. The molecule has 0 aliphatic heterocycles. The average Bonchev–Trinajstić information content (AvgIpc) is 2.85. The molecule has 4 rings (SSSR count). The van der Waals surface area contributed by atoms with Gasteiger partial charge in [0.25, 0.3) is 0 Å². The van der Waals surface area contributed by atoms with Crippen LogP contribution < -0.4 is 15.7 Å². The highest BCUT2D eigenvalue weighted by Crippen LogP contribution is 2.44. The standard InChI is InChI=1S/C28H28NPS/c1-28(25-16-8-3-9-17-25,23-22-24-14-6-2-7-15-24)29-30(31,26-18-10-4-11-19-26)27-20-12-5-13-21-27/h3-5,8-14,16-21H,2,6-7,15H2,1H3,(H,29,31)/t28-/m0/s1. The molecule has 3 aromatic rings. The van der Waals surface area contributed by atoms with Gasteiger partial charge in [0.2, 0.25) is 0 Å². The fourth-order valence-corrected chi connectivity index (χ4v) is 7.80. The maximum Gasteiger partial charge on any atom is 0.107 e. The molecule has 156 valence electrons. The van der Waals surface area contributed by atoms with Gasteiger partial charge in [-0.2, -0.15) is 0 Å². The van der Waals surface area contributed by atoms with Crippen LogP contribution in [0.5, 0.6) is 0 Å². The van der Waals surface area contributed by atoms with Crippen LogP contribution in [0.2, 0.25) is 0 Å². The van der Waals surface area contributed by atoms with Crippen molar-refractivity contribution in [3.63, 3.8) is 0 Å². The minimum absolute atomic E-state index is 0.569. The third-order valence-corrected chi connectivity index (χ3v) is 10.1. The molecule has 3 aromatic carbocycles. The second-order valence-corrected chi connectivity index (χ2v) is 12.2. The number of benzene rings is 3. The van der Waals surface area contributed by atoms with E-state index in [2.05, 4.69) is 103 Å². The first-order chi connectivity index (χ1) is 15.1. The lowest BCUT2D eigenvalue weighted by Crippen LogP contribution is -2.41. The van der Waals surface area contributed by atoms with Gasteiger partial charge >= 0.3 is 0 Å². The van der Waals surface area contributed by atoms with Crippen molar-refractivity contribution in [3.05, 3.63) is 108 Å². The summed E-state index contributed by atoms with van der Waals surface area (Å²) in [6.07, 6.45) is 4.67. The van der Waals surface area contributed by atoms with Crippen LogP contribution in [-0.4, -0.2) is 0 Å². The molecule has 1 aliphatic carbocycles. The molecule has 0 heterocycles. The molecule has 1 N–H and O–H groups in total. The first-order valence-electron chi connectivity index (χ1n) is 10.9. The summed E-state index contributed by atoms with van der Waals surface area (Å²) in [7, 11) is 0. The van der Waals surface area contributed by atoms with Gasteiger partial charge in [0.05, 0.1) is 6.19 Å². The number of nitrogens with one attached hydrogen (secondary N) is 1. The SMILES string of the molecule is C[C@@](C#CC1=CCCCC1)(NP(=S)(c1ccccc1)c1ccccc1)c1ccccc1. The Hall–Kier alpha value is -2.43. The Balaban J connectivity index is 1.83. The lowest BCUT2D eigenvalue weighted by molar-refractivity contribution is 0.598. The molecule has 1 nitrogen and oxygen atoms in total. The van der Waals surface area contributed by atoms with E-state index < -0.39 is 11.7 Å². The number of rotatable bonds is 5. The van der Waals surface area contributed by atoms with Gasteiger partial charge in [0, 0.05) is 10.6 Å². The highest BCUT2D eigenvalue weighted by Gasteiger charge is 2.33. The quantitative estimate of drug-likeness (QED) is 0.383. The Morgan fingerprint density at radius 1 is 0.806 bits per heavy atom. The zero-order valence-corrected chi connectivity index (χ0v) is 19.6. The number of hydrogen-bond acceptors (Lipinski definition) is 1. The van der Waals surface area contributed by atoms with Crippen LogP contribution in [0, 0.1) is 11.8 Å². The van der Waals surface area contributed by atoms with Crippen LogP contribution in [-0.2, 0) is 17.3 Å². The van der Waals surface area contributed by atoms with Crippen molar-refractivity contribution in [2.24, 2.45) is 0 Å². The zero-order valence-electron chi connectivity index (χ0n) is 17.9. The predicted molar refractivity (Wildman–Crippen MR) is 138 cm³/mol. The Kier molecular flexibility index (Phi) is 6.89. The Labute approximate surface area is 191 Å². The third kappa shape index (κ3) is 5.08. The second-order valence-electron chi connectivity index (χ2n) is 8.11. The van der Waals surface area contributed by atoms with Gasteiger partial charge < -0.3 is 0 Å². The van der Waals surface area contributed by atoms with E-state index in [-0.39, 0.29) is 0 Å². The van der Waals surface area contributed by atoms with Gasteiger partial charge in [0.15, 0.2) is 0 Å². The molecule has 0 fully saturated rings. The van der Waals surface area contributed by atoms with E-state index in [0.29, 0.717) is 0 Å². The summed E-state index contributed by atoms with van der Waals surface area (Å²) in [5, 5.41) is 6.22. The largest absolute Gasteiger partial charge is 0.262 e. The van der Waals surface area contributed by atoms with Crippen LogP contribution >= 0.6 is 6.19 Å². The molecule has 1 aliphatic rings. The lowest BCUT2D eigenvalue weighted by Gasteiger charge is -2.35. The number of allylic oxidation sites excluding steroid dienone is 2. The van der Waals surface area contributed by atoms with Gasteiger partial charge in [-0.1, -0.05) is 121 Å². The summed E-state index contributed by atoms with van der Waals surface area (Å²) in [6, 6.07) is 31.4. The van der Waals surface area contributed by atoms with Crippen LogP contribution in [0.15, 0.2) is 103 Å². The van der Waals surface area contributed by atoms with Gasteiger partial charge in [0.1, 0.15) is 5.54 Å². The third-order valence-electron chi connectivity index (χ3n) is 5.74. The molecule has 0 bridgehead atoms. The molecule has 0 spiro atoms. The van der Waals surface area contributed by atoms with Gasteiger partial charge in [-0.15, -0.1) is 0 Å². The van der Waals surface area contributed by atoms with E-state index in [4.69, 9.17) is 11.8 Å². The summed E-state index contributed by atoms with van der Waals surface area (Å²) in [5.74, 6) is 7.12. The van der Waals surface area contributed by atoms with E-state index in [1.807, 2.05) is 18.2 Å². The van der Waals surface area contributed by atoms with Gasteiger partial charge in [-0.25, -0.2) is 0 Å². The first kappa shape index (κ1) is 21.8. The van der Waals surface area contributed by atoms with E-state index in [0.717, 1.165) is 29.0 Å². The normalized spacial score (nSPS) is 15.8. The van der Waals surface area contributed by atoms with Crippen LogP contribution in [0.1, 0.15) is 38.2 Å². The van der Waals surface area contributed by atoms with Gasteiger partial charge in [-0.05, 0) is 43.7 Å². The summed E-state index contributed by atoms with van der Waals surface area (Å²) >= 11 is 6.47. The topological polar surface area (TPSA) is 12.0 Å². The summed E-state index contributed by atoms with van der Waals surface area (Å²) in [4.78, 5) is 0. The fraction of sp³-hybridized carbons (Fsp3) is 0.214. The van der Waals surface area contributed by atoms with Crippen LogP contribution in [0.3, 0.4) is 0 Å².